The van der Waals surface area contributed by atoms with Gasteiger partial charge in [0.15, 0.2) is 0 Å². The van der Waals surface area contributed by atoms with Crippen LogP contribution in [-0.4, -0.2) is 38.3 Å². The van der Waals surface area contributed by atoms with E-state index < -0.39 is 0 Å². The van der Waals surface area contributed by atoms with E-state index in [2.05, 4.69) is 10.6 Å². The molecule has 1 aliphatic rings. The minimum absolute atomic E-state index is 0.0000754. The maximum atomic E-state index is 12.4. The van der Waals surface area contributed by atoms with Gasteiger partial charge in [0.1, 0.15) is 0 Å². The Morgan fingerprint density at radius 2 is 2.24 bits per heavy atom. The van der Waals surface area contributed by atoms with Crippen molar-refractivity contribution >= 4 is 5.91 Å². The van der Waals surface area contributed by atoms with Crippen LogP contribution in [0.25, 0.3) is 11.1 Å². The number of carbonyl (C=O) groups excluding carboxylic acids is 1. The van der Waals surface area contributed by atoms with Gasteiger partial charge in [0.25, 0.3) is 5.91 Å². The highest BCUT2D eigenvalue weighted by atomic mass is 16.5. The average molecular weight is 286 g/mol. The van der Waals surface area contributed by atoms with Gasteiger partial charge < -0.3 is 19.8 Å². The molecule has 1 aromatic heterocycles. The lowest BCUT2D eigenvalue weighted by Crippen LogP contribution is -2.43. The highest BCUT2D eigenvalue weighted by Gasteiger charge is 2.28. The molecule has 3 rings (SSSR count). The van der Waals surface area contributed by atoms with E-state index in [9.17, 15) is 4.79 Å². The smallest absolute Gasteiger partial charge is 0.251 e. The second-order valence-corrected chi connectivity index (χ2v) is 5.11. The highest BCUT2D eigenvalue weighted by molar-refractivity contribution is 5.95. The maximum absolute atomic E-state index is 12.4. The van der Waals surface area contributed by atoms with E-state index in [1.165, 1.54) is 0 Å². The molecule has 0 saturated carbocycles. The van der Waals surface area contributed by atoms with Crippen molar-refractivity contribution in [3.8, 4) is 11.1 Å². The van der Waals surface area contributed by atoms with Crippen molar-refractivity contribution in [2.75, 3.05) is 20.2 Å². The number of methoxy groups -OCH3 is 1. The lowest BCUT2D eigenvalue weighted by molar-refractivity contribution is 0.0780. The molecule has 2 aromatic rings. The number of benzene rings is 1. The van der Waals surface area contributed by atoms with Crippen molar-refractivity contribution < 1.29 is 13.9 Å². The molecule has 2 atom stereocenters. The van der Waals surface area contributed by atoms with Crippen molar-refractivity contribution in [1.82, 2.24) is 10.6 Å². The quantitative estimate of drug-likeness (QED) is 0.897. The fraction of sp³-hybridized carbons (Fsp3) is 0.312. The largest absolute Gasteiger partial charge is 0.472 e. The molecule has 2 heterocycles. The minimum Gasteiger partial charge on any atom is -0.472 e. The van der Waals surface area contributed by atoms with Gasteiger partial charge in [-0.2, -0.15) is 0 Å². The standard InChI is InChI=1S/C16H18N2O3/c1-20-15-9-17-8-14(15)18-16(19)12-4-2-3-11(7-12)13-5-6-21-10-13/h2-7,10,14-15,17H,8-9H2,1H3,(H,18,19)/t14-,15+/m1/s1. The van der Waals surface area contributed by atoms with Crippen LogP contribution in [0.2, 0.25) is 0 Å². The van der Waals surface area contributed by atoms with Crippen molar-refractivity contribution in [1.29, 1.82) is 0 Å². The molecule has 0 radical (unpaired) electrons. The molecule has 110 valence electrons. The van der Waals surface area contributed by atoms with Crippen LogP contribution in [0, 0.1) is 0 Å². The second-order valence-electron chi connectivity index (χ2n) is 5.11. The predicted molar refractivity (Wildman–Crippen MR) is 79.1 cm³/mol. The van der Waals surface area contributed by atoms with Gasteiger partial charge in [0.05, 0.1) is 24.7 Å². The van der Waals surface area contributed by atoms with Gasteiger partial charge in [0.2, 0.25) is 0 Å². The fourth-order valence-electron chi connectivity index (χ4n) is 2.57. The number of nitrogens with one attached hydrogen (secondary N) is 2. The fourth-order valence-corrected chi connectivity index (χ4v) is 2.57. The molecule has 5 nitrogen and oxygen atoms in total. The first kappa shape index (κ1) is 13.9. The molecular weight excluding hydrogens is 268 g/mol. The third-order valence-corrected chi connectivity index (χ3v) is 3.76. The topological polar surface area (TPSA) is 63.5 Å². The first-order chi connectivity index (χ1) is 10.3. The van der Waals surface area contributed by atoms with Crippen molar-refractivity contribution in [2.45, 2.75) is 12.1 Å². The maximum Gasteiger partial charge on any atom is 0.251 e. The molecule has 2 N–H and O–H groups in total. The summed E-state index contributed by atoms with van der Waals surface area (Å²) in [7, 11) is 1.66. The zero-order chi connectivity index (χ0) is 14.7. The molecule has 1 amide bonds. The Bertz CT molecular complexity index is 610. The van der Waals surface area contributed by atoms with Gasteiger partial charge >= 0.3 is 0 Å². The Morgan fingerprint density at radius 1 is 1.33 bits per heavy atom. The molecule has 1 aliphatic heterocycles. The summed E-state index contributed by atoms with van der Waals surface area (Å²) in [5.74, 6) is -0.0869. The Labute approximate surface area is 123 Å². The van der Waals surface area contributed by atoms with Gasteiger partial charge in [-0.15, -0.1) is 0 Å². The van der Waals surface area contributed by atoms with Gasteiger partial charge in [-0.3, -0.25) is 4.79 Å². The zero-order valence-electron chi connectivity index (χ0n) is 11.8. The third kappa shape index (κ3) is 2.99. The summed E-state index contributed by atoms with van der Waals surface area (Å²) in [6.07, 6.45) is 3.31. The molecule has 0 bridgehead atoms. The summed E-state index contributed by atoms with van der Waals surface area (Å²) in [4.78, 5) is 12.4. The summed E-state index contributed by atoms with van der Waals surface area (Å²) in [5.41, 5.74) is 2.56. The van der Waals surface area contributed by atoms with Gasteiger partial charge in [0, 0.05) is 31.3 Å². The first-order valence-corrected chi connectivity index (χ1v) is 6.95. The third-order valence-electron chi connectivity index (χ3n) is 3.76. The Hall–Kier alpha value is -2.11. The van der Waals surface area contributed by atoms with Crippen LogP contribution >= 0.6 is 0 Å². The summed E-state index contributed by atoms with van der Waals surface area (Å²) in [5, 5.41) is 6.23. The molecular formula is C16H18N2O3. The molecule has 0 spiro atoms. The lowest BCUT2D eigenvalue weighted by atomic mass is 10.1. The number of carbonyl (C=O) groups is 1. The second kappa shape index (κ2) is 6.11. The van der Waals surface area contributed by atoms with E-state index in [4.69, 9.17) is 9.15 Å². The van der Waals surface area contributed by atoms with E-state index in [-0.39, 0.29) is 18.1 Å². The highest BCUT2D eigenvalue weighted by Crippen LogP contribution is 2.20. The molecule has 1 saturated heterocycles. The van der Waals surface area contributed by atoms with E-state index in [0.717, 1.165) is 24.2 Å². The molecule has 0 unspecified atom stereocenters. The number of hydrogen-bond donors (Lipinski definition) is 2. The Morgan fingerprint density at radius 3 is 3.00 bits per heavy atom. The van der Waals surface area contributed by atoms with Crippen molar-refractivity contribution in [2.24, 2.45) is 0 Å². The summed E-state index contributed by atoms with van der Waals surface area (Å²) >= 11 is 0. The van der Waals surface area contributed by atoms with Gasteiger partial charge in [-0.05, 0) is 23.8 Å². The van der Waals surface area contributed by atoms with Crippen molar-refractivity contribution in [3.63, 3.8) is 0 Å². The monoisotopic (exact) mass is 286 g/mol. The van der Waals surface area contributed by atoms with E-state index in [1.54, 1.807) is 19.6 Å². The summed E-state index contributed by atoms with van der Waals surface area (Å²) < 4.78 is 10.4. The number of rotatable bonds is 4. The van der Waals surface area contributed by atoms with Gasteiger partial charge in [-0.1, -0.05) is 12.1 Å². The SMILES string of the molecule is CO[C@H]1CNC[C@H]1NC(=O)c1cccc(-c2ccoc2)c1. The van der Waals surface area contributed by atoms with Crippen LogP contribution < -0.4 is 10.6 Å². The number of hydrogen-bond acceptors (Lipinski definition) is 4. The van der Waals surface area contributed by atoms with Crippen LogP contribution in [-0.2, 0) is 4.74 Å². The van der Waals surface area contributed by atoms with Crippen LogP contribution in [0.5, 0.6) is 0 Å². The van der Waals surface area contributed by atoms with Crippen LogP contribution in [0.15, 0.2) is 47.3 Å². The molecule has 1 fully saturated rings. The first-order valence-electron chi connectivity index (χ1n) is 6.95. The summed E-state index contributed by atoms with van der Waals surface area (Å²) in [6.45, 7) is 1.49. The van der Waals surface area contributed by atoms with E-state index in [1.807, 2.05) is 30.3 Å². The normalized spacial score (nSPS) is 21.4. The van der Waals surface area contributed by atoms with Crippen molar-refractivity contribution in [3.05, 3.63) is 48.4 Å². The Balaban J connectivity index is 1.74. The number of ether oxygens (including phenoxy) is 1. The van der Waals surface area contributed by atoms with Crippen LogP contribution in [0.3, 0.4) is 0 Å². The number of amides is 1. The average Bonchev–Trinajstić information content (AvgIpc) is 3.18. The molecule has 1 aromatic carbocycles. The van der Waals surface area contributed by atoms with E-state index in [0.29, 0.717) is 5.56 Å². The lowest BCUT2D eigenvalue weighted by Gasteiger charge is -2.18. The molecule has 5 heteroatoms. The Kier molecular flexibility index (Phi) is 4.03. The predicted octanol–water partition coefficient (Wildman–Crippen LogP) is 1.66. The zero-order valence-corrected chi connectivity index (χ0v) is 11.8. The van der Waals surface area contributed by atoms with Crippen LogP contribution in [0.4, 0.5) is 0 Å². The number of furan rings is 1. The van der Waals surface area contributed by atoms with E-state index >= 15 is 0 Å². The summed E-state index contributed by atoms with van der Waals surface area (Å²) in [6, 6.07) is 9.38. The van der Waals surface area contributed by atoms with Crippen LogP contribution in [0.1, 0.15) is 10.4 Å². The molecule has 21 heavy (non-hydrogen) atoms. The minimum atomic E-state index is -0.0869. The van der Waals surface area contributed by atoms with Gasteiger partial charge in [-0.25, -0.2) is 0 Å². The molecule has 0 aliphatic carbocycles.